The Labute approximate surface area is 136 Å². The van der Waals surface area contributed by atoms with Crippen molar-refractivity contribution >= 4 is 5.91 Å². The maximum Gasteiger partial charge on any atom is 0.243 e. The number of hydrogen-bond acceptors (Lipinski definition) is 5. The van der Waals surface area contributed by atoms with Crippen LogP contribution in [0.4, 0.5) is 0 Å². The van der Waals surface area contributed by atoms with Crippen LogP contribution < -0.4 is 0 Å². The number of nitrogens with one attached hydrogen (secondary N) is 1. The number of H-pyrrole nitrogens is 1. The van der Waals surface area contributed by atoms with Crippen molar-refractivity contribution in [2.75, 3.05) is 19.7 Å². The molecule has 1 aliphatic carbocycles. The highest BCUT2D eigenvalue weighted by Crippen LogP contribution is 2.39. The van der Waals surface area contributed by atoms with Crippen LogP contribution in [0.2, 0.25) is 0 Å². The van der Waals surface area contributed by atoms with Crippen molar-refractivity contribution in [3.8, 4) is 6.07 Å². The van der Waals surface area contributed by atoms with Crippen molar-refractivity contribution < 1.29 is 9.53 Å². The molecular weight excluding hydrogens is 294 g/mol. The maximum atomic E-state index is 12.8. The zero-order valence-corrected chi connectivity index (χ0v) is 13.7. The fraction of sp³-hybridized carbons (Fsp3) is 0.750. The Kier molecular flexibility index (Phi) is 4.35. The molecule has 2 fully saturated rings. The summed E-state index contributed by atoms with van der Waals surface area (Å²) >= 11 is 0. The molecule has 7 heteroatoms. The summed E-state index contributed by atoms with van der Waals surface area (Å²) in [5.41, 5.74) is -0.827. The Morgan fingerprint density at radius 3 is 2.83 bits per heavy atom. The molecule has 23 heavy (non-hydrogen) atoms. The van der Waals surface area contributed by atoms with Crippen LogP contribution in [0.3, 0.4) is 0 Å². The van der Waals surface area contributed by atoms with Crippen LogP contribution >= 0.6 is 0 Å². The third-order valence-corrected chi connectivity index (χ3v) is 4.78. The quantitative estimate of drug-likeness (QED) is 0.919. The number of carbonyl (C=O) groups excluding carboxylic acids is 1. The summed E-state index contributed by atoms with van der Waals surface area (Å²) in [6.45, 7) is 5.47. The predicted octanol–water partition coefficient (Wildman–Crippen LogP) is 1.91. The van der Waals surface area contributed by atoms with Crippen LogP contribution in [0.5, 0.6) is 0 Å². The first-order chi connectivity index (χ1) is 11.1. The molecule has 1 aromatic heterocycles. The van der Waals surface area contributed by atoms with Crippen LogP contribution in [0.1, 0.15) is 63.2 Å². The summed E-state index contributed by atoms with van der Waals surface area (Å²) in [5.74, 6) is 1.59. The summed E-state index contributed by atoms with van der Waals surface area (Å²) in [6.07, 6.45) is 2.94. The summed E-state index contributed by atoms with van der Waals surface area (Å²) in [4.78, 5) is 19.1. The molecule has 3 rings (SSSR count). The van der Waals surface area contributed by atoms with Gasteiger partial charge < -0.3 is 9.64 Å². The molecule has 1 N–H and O–H groups in total. The van der Waals surface area contributed by atoms with Gasteiger partial charge in [0, 0.05) is 12.5 Å². The van der Waals surface area contributed by atoms with Gasteiger partial charge in [-0.15, -0.1) is 0 Å². The lowest BCUT2D eigenvalue weighted by Gasteiger charge is -2.35. The molecule has 1 amide bonds. The second-order valence-corrected chi connectivity index (χ2v) is 6.75. The summed E-state index contributed by atoms with van der Waals surface area (Å²) < 4.78 is 5.76. The van der Waals surface area contributed by atoms with Gasteiger partial charge in [0.2, 0.25) is 5.91 Å². The Morgan fingerprint density at radius 2 is 2.22 bits per heavy atom. The van der Waals surface area contributed by atoms with Gasteiger partial charge in [-0.3, -0.25) is 9.89 Å². The largest absolute Gasteiger partial charge is 0.367 e. The number of nitrogens with zero attached hydrogens (tertiary/aromatic N) is 4. The predicted molar refractivity (Wildman–Crippen MR) is 82.3 cm³/mol. The van der Waals surface area contributed by atoms with Gasteiger partial charge >= 0.3 is 0 Å². The van der Waals surface area contributed by atoms with Crippen molar-refractivity contribution in [1.29, 1.82) is 5.26 Å². The average Bonchev–Trinajstić information content (AvgIpc) is 3.24. The molecule has 1 atom stereocenters. The first kappa shape index (κ1) is 15.9. The molecule has 2 aliphatic rings. The molecule has 0 aromatic carbocycles. The molecule has 0 bridgehead atoms. The molecule has 1 aromatic rings. The zero-order valence-electron chi connectivity index (χ0n) is 13.7. The van der Waals surface area contributed by atoms with E-state index in [1.165, 1.54) is 0 Å². The smallest absolute Gasteiger partial charge is 0.243 e. The van der Waals surface area contributed by atoms with E-state index >= 15 is 0 Å². The molecule has 0 spiro atoms. The van der Waals surface area contributed by atoms with Gasteiger partial charge in [0.05, 0.1) is 19.2 Å². The van der Waals surface area contributed by atoms with Crippen LogP contribution in [0.15, 0.2) is 0 Å². The number of aromatic nitrogens is 3. The Hall–Kier alpha value is -1.94. The maximum absolute atomic E-state index is 12.8. The first-order valence-corrected chi connectivity index (χ1v) is 8.30. The molecule has 7 nitrogen and oxygen atoms in total. The van der Waals surface area contributed by atoms with Gasteiger partial charge in [0.1, 0.15) is 11.5 Å². The minimum Gasteiger partial charge on any atom is -0.367 e. The molecule has 2 heterocycles. The molecule has 1 saturated heterocycles. The van der Waals surface area contributed by atoms with E-state index in [0.717, 1.165) is 18.7 Å². The number of nitriles is 1. The molecule has 124 valence electrons. The van der Waals surface area contributed by atoms with Gasteiger partial charge in [0.15, 0.2) is 11.6 Å². The van der Waals surface area contributed by atoms with E-state index in [1.807, 2.05) is 13.8 Å². The van der Waals surface area contributed by atoms with E-state index in [4.69, 9.17) is 4.74 Å². The zero-order chi connectivity index (χ0) is 16.4. The van der Waals surface area contributed by atoms with E-state index in [2.05, 4.69) is 21.3 Å². The fourth-order valence-electron chi connectivity index (χ4n) is 3.34. The second-order valence-electron chi connectivity index (χ2n) is 6.75. The highest BCUT2D eigenvalue weighted by atomic mass is 16.5. The monoisotopic (exact) mass is 317 g/mol. The van der Waals surface area contributed by atoms with Crippen LogP contribution in [-0.2, 0) is 9.53 Å². The van der Waals surface area contributed by atoms with Crippen LogP contribution in [-0.4, -0.2) is 45.7 Å². The molecule has 1 unspecified atom stereocenters. The van der Waals surface area contributed by atoms with Gasteiger partial charge in [-0.05, 0) is 12.8 Å². The van der Waals surface area contributed by atoms with E-state index in [0.29, 0.717) is 38.4 Å². The highest BCUT2D eigenvalue weighted by molar-refractivity contribution is 5.86. The fourth-order valence-corrected chi connectivity index (χ4v) is 3.34. The number of aromatic amines is 1. The standard InChI is InChI=1S/C16H23N5O2/c1-11(2)13-18-14(20-19-13)12-9-21(7-8-23-12)15(22)16(10-17)5-3-4-6-16/h11-12H,3-9H2,1-2H3,(H,18,19,20). The molecule has 1 aliphatic heterocycles. The van der Waals surface area contributed by atoms with E-state index in [-0.39, 0.29) is 17.9 Å². The third kappa shape index (κ3) is 2.95. The third-order valence-electron chi connectivity index (χ3n) is 4.78. The average molecular weight is 317 g/mol. The molecular formula is C16H23N5O2. The number of morpholine rings is 1. The second kappa shape index (κ2) is 6.28. The minimum absolute atomic E-state index is 0.0469. The summed E-state index contributed by atoms with van der Waals surface area (Å²) in [6, 6.07) is 2.28. The lowest BCUT2D eigenvalue weighted by atomic mass is 9.86. The number of carbonyl (C=O) groups is 1. The lowest BCUT2D eigenvalue weighted by Crippen LogP contribution is -2.48. The van der Waals surface area contributed by atoms with Gasteiger partial charge in [0.25, 0.3) is 0 Å². The lowest BCUT2D eigenvalue weighted by molar-refractivity contribution is -0.147. The number of ether oxygens (including phenoxy) is 1. The molecule has 0 radical (unpaired) electrons. The van der Waals surface area contributed by atoms with Crippen molar-refractivity contribution in [3.63, 3.8) is 0 Å². The van der Waals surface area contributed by atoms with E-state index in [9.17, 15) is 10.1 Å². The van der Waals surface area contributed by atoms with Crippen molar-refractivity contribution in [2.24, 2.45) is 5.41 Å². The Balaban J connectivity index is 1.73. The van der Waals surface area contributed by atoms with Gasteiger partial charge in [-0.25, -0.2) is 4.98 Å². The summed E-state index contributed by atoms with van der Waals surface area (Å²) in [7, 11) is 0. The van der Waals surface area contributed by atoms with Crippen molar-refractivity contribution in [1.82, 2.24) is 20.1 Å². The topological polar surface area (TPSA) is 94.9 Å². The normalized spacial score (nSPS) is 23.9. The van der Waals surface area contributed by atoms with Crippen molar-refractivity contribution in [2.45, 2.75) is 51.6 Å². The first-order valence-electron chi connectivity index (χ1n) is 8.30. The SMILES string of the molecule is CC(C)c1n[nH]c(C2CN(C(=O)C3(C#N)CCCC3)CCO2)n1. The van der Waals surface area contributed by atoms with E-state index < -0.39 is 5.41 Å². The van der Waals surface area contributed by atoms with Gasteiger partial charge in [-0.1, -0.05) is 26.7 Å². The highest BCUT2D eigenvalue weighted by Gasteiger charge is 2.45. The summed E-state index contributed by atoms with van der Waals surface area (Å²) in [5, 5.41) is 16.6. The molecule has 1 saturated carbocycles. The Morgan fingerprint density at radius 1 is 1.48 bits per heavy atom. The van der Waals surface area contributed by atoms with Gasteiger partial charge in [-0.2, -0.15) is 10.4 Å². The van der Waals surface area contributed by atoms with Crippen LogP contribution in [0, 0.1) is 16.7 Å². The number of rotatable bonds is 3. The number of hydrogen-bond donors (Lipinski definition) is 1. The minimum atomic E-state index is -0.827. The van der Waals surface area contributed by atoms with E-state index in [1.54, 1.807) is 4.90 Å². The number of amides is 1. The van der Waals surface area contributed by atoms with Crippen molar-refractivity contribution in [3.05, 3.63) is 11.6 Å². The van der Waals surface area contributed by atoms with Crippen LogP contribution in [0.25, 0.3) is 0 Å². The Bertz CT molecular complexity index is 612.